The number of methoxy groups -OCH3 is 1. The van der Waals surface area contributed by atoms with Crippen molar-refractivity contribution in [1.29, 1.82) is 0 Å². The lowest BCUT2D eigenvalue weighted by Gasteiger charge is -2.42. The molecule has 0 saturated carbocycles. The van der Waals surface area contributed by atoms with Crippen LogP contribution in [0.1, 0.15) is 30.4 Å². The van der Waals surface area contributed by atoms with Crippen molar-refractivity contribution in [2.24, 2.45) is 11.3 Å². The van der Waals surface area contributed by atoms with Gasteiger partial charge in [-0.1, -0.05) is 6.07 Å². The van der Waals surface area contributed by atoms with Crippen molar-refractivity contribution >= 4 is 10.0 Å². The van der Waals surface area contributed by atoms with Gasteiger partial charge in [0.1, 0.15) is 0 Å². The van der Waals surface area contributed by atoms with E-state index in [1.54, 1.807) is 17.5 Å². The van der Waals surface area contributed by atoms with Crippen molar-refractivity contribution in [2.75, 3.05) is 46.9 Å². The topological polar surface area (TPSA) is 49.9 Å². The predicted octanol–water partition coefficient (Wildman–Crippen LogP) is 2.15. The molecule has 1 unspecified atom stereocenters. The van der Waals surface area contributed by atoms with Crippen LogP contribution in [-0.4, -0.2) is 64.6 Å². The first kappa shape index (κ1) is 18.4. The van der Waals surface area contributed by atoms with Crippen molar-refractivity contribution in [2.45, 2.75) is 37.0 Å². The van der Waals surface area contributed by atoms with E-state index < -0.39 is 10.0 Å². The molecule has 4 rings (SSSR count). The highest BCUT2D eigenvalue weighted by molar-refractivity contribution is 7.89. The minimum Gasteiger partial charge on any atom is -0.384 e. The Morgan fingerprint density at radius 2 is 1.92 bits per heavy atom. The maximum Gasteiger partial charge on any atom is 0.243 e. The third-order valence-corrected chi connectivity index (χ3v) is 8.67. The van der Waals surface area contributed by atoms with Crippen LogP contribution in [0.3, 0.4) is 0 Å². The van der Waals surface area contributed by atoms with Gasteiger partial charge in [-0.3, -0.25) is 0 Å². The lowest BCUT2D eigenvalue weighted by molar-refractivity contribution is 0.0569. The van der Waals surface area contributed by atoms with E-state index in [0.29, 0.717) is 23.9 Å². The summed E-state index contributed by atoms with van der Waals surface area (Å²) >= 11 is 0. The normalized spacial score (nSPS) is 26.5. The summed E-state index contributed by atoms with van der Waals surface area (Å²) in [4.78, 5) is 2.85. The molecule has 6 heteroatoms. The van der Waals surface area contributed by atoms with Crippen LogP contribution in [0.5, 0.6) is 0 Å². The van der Waals surface area contributed by atoms with E-state index in [9.17, 15) is 8.42 Å². The summed E-state index contributed by atoms with van der Waals surface area (Å²) in [6.45, 7) is 4.10. The molecular weight excluding hydrogens is 348 g/mol. The summed E-state index contributed by atoms with van der Waals surface area (Å²) in [5, 5.41) is 0. The predicted molar refractivity (Wildman–Crippen MR) is 102 cm³/mol. The molecule has 2 fully saturated rings. The summed E-state index contributed by atoms with van der Waals surface area (Å²) in [5.74, 6) is 0.502. The van der Waals surface area contributed by atoms with Gasteiger partial charge in [0.15, 0.2) is 0 Å². The zero-order valence-corrected chi connectivity index (χ0v) is 16.7. The van der Waals surface area contributed by atoms with Crippen molar-refractivity contribution < 1.29 is 13.2 Å². The van der Waals surface area contributed by atoms with E-state index in [-0.39, 0.29) is 5.41 Å². The Morgan fingerprint density at radius 3 is 2.65 bits per heavy atom. The molecule has 1 atom stereocenters. The standard InChI is InChI=1S/C20H30N2O3S/c1-21-13-18(14-25-2)20(15-21)8-10-22(11-9-20)26(23,24)19-7-6-16-4-3-5-17(16)12-19/h6-7,12,18H,3-5,8-11,13-15H2,1-2H3. The molecule has 0 radical (unpaired) electrons. The molecule has 1 spiro atoms. The Hall–Kier alpha value is -0.950. The van der Waals surface area contributed by atoms with Crippen LogP contribution >= 0.6 is 0 Å². The first-order valence-corrected chi connectivity index (χ1v) is 11.2. The zero-order chi connectivity index (χ0) is 18.4. The minimum absolute atomic E-state index is 0.203. The second kappa shape index (κ2) is 6.89. The maximum absolute atomic E-state index is 13.2. The van der Waals surface area contributed by atoms with Crippen LogP contribution in [0, 0.1) is 11.3 Å². The summed E-state index contributed by atoms with van der Waals surface area (Å²) in [5.41, 5.74) is 2.74. The molecular formula is C20H30N2O3S. The molecule has 0 N–H and O–H groups in total. The smallest absolute Gasteiger partial charge is 0.243 e. The molecule has 0 amide bonds. The lowest BCUT2D eigenvalue weighted by Crippen LogP contribution is -2.47. The first-order chi connectivity index (χ1) is 12.4. The van der Waals surface area contributed by atoms with Crippen LogP contribution in [0.2, 0.25) is 0 Å². The number of hydrogen-bond donors (Lipinski definition) is 0. The van der Waals surface area contributed by atoms with Crippen molar-refractivity contribution in [1.82, 2.24) is 9.21 Å². The van der Waals surface area contributed by atoms with Gasteiger partial charge in [-0.15, -0.1) is 0 Å². The van der Waals surface area contributed by atoms with Gasteiger partial charge < -0.3 is 9.64 Å². The number of piperidine rings is 1. The van der Waals surface area contributed by atoms with Gasteiger partial charge in [0.25, 0.3) is 0 Å². The molecule has 0 aromatic heterocycles. The molecule has 5 nitrogen and oxygen atoms in total. The van der Waals surface area contributed by atoms with Crippen LogP contribution in [0.15, 0.2) is 23.1 Å². The number of sulfonamides is 1. The average molecular weight is 379 g/mol. The third-order valence-electron chi connectivity index (χ3n) is 6.78. The number of aryl methyl sites for hydroxylation is 2. The van der Waals surface area contributed by atoms with Gasteiger partial charge in [-0.05, 0) is 67.8 Å². The van der Waals surface area contributed by atoms with Gasteiger partial charge in [0.2, 0.25) is 10.0 Å². The first-order valence-electron chi connectivity index (χ1n) is 9.74. The molecule has 2 aliphatic heterocycles. The fourth-order valence-corrected chi connectivity index (χ4v) is 6.82. The Balaban J connectivity index is 1.50. The molecule has 26 heavy (non-hydrogen) atoms. The fraction of sp³-hybridized carbons (Fsp3) is 0.700. The van der Waals surface area contributed by atoms with Gasteiger partial charge in [-0.25, -0.2) is 8.42 Å². The van der Waals surface area contributed by atoms with E-state index in [1.165, 1.54) is 11.1 Å². The average Bonchev–Trinajstić information content (AvgIpc) is 3.20. The Kier molecular flexibility index (Phi) is 4.88. The summed E-state index contributed by atoms with van der Waals surface area (Å²) < 4.78 is 33.5. The largest absolute Gasteiger partial charge is 0.384 e. The minimum atomic E-state index is -3.38. The van der Waals surface area contributed by atoms with Crippen LogP contribution in [-0.2, 0) is 27.6 Å². The molecule has 3 aliphatic rings. The number of nitrogens with zero attached hydrogens (tertiary/aromatic N) is 2. The van der Waals surface area contributed by atoms with Crippen molar-refractivity contribution in [3.05, 3.63) is 29.3 Å². The molecule has 2 saturated heterocycles. The zero-order valence-electron chi connectivity index (χ0n) is 15.9. The van der Waals surface area contributed by atoms with Crippen molar-refractivity contribution in [3.8, 4) is 0 Å². The number of fused-ring (bicyclic) bond motifs is 1. The van der Waals surface area contributed by atoms with E-state index in [0.717, 1.165) is 51.8 Å². The third kappa shape index (κ3) is 3.11. The molecule has 0 bridgehead atoms. The number of rotatable bonds is 4. The van der Waals surface area contributed by atoms with E-state index >= 15 is 0 Å². The number of hydrogen-bond acceptors (Lipinski definition) is 4. The summed E-state index contributed by atoms with van der Waals surface area (Å²) in [6.07, 6.45) is 5.08. The second-order valence-corrected chi connectivity index (χ2v) is 10.3. The lowest BCUT2D eigenvalue weighted by atomic mass is 9.71. The van der Waals surface area contributed by atoms with E-state index in [2.05, 4.69) is 11.9 Å². The van der Waals surface area contributed by atoms with Gasteiger partial charge in [0.05, 0.1) is 11.5 Å². The van der Waals surface area contributed by atoms with Gasteiger partial charge >= 0.3 is 0 Å². The van der Waals surface area contributed by atoms with Gasteiger partial charge in [-0.2, -0.15) is 4.31 Å². The van der Waals surface area contributed by atoms with Crippen molar-refractivity contribution in [3.63, 3.8) is 0 Å². The monoisotopic (exact) mass is 378 g/mol. The SMILES string of the molecule is COCC1CN(C)CC12CCN(S(=O)(=O)c1ccc3c(c1)CCC3)CC2. The molecule has 144 valence electrons. The quantitative estimate of drug-likeness (QED) is 0.806. The Labute approximate surface area is 157 Å². The second-order valence-electron chi connectivity index (χ2n) is 8.40. The highest BCUT2D eigenvalue weighted by atomic mass is 32.2. The van der Waals surface area contributed by atoms with Gasteiger partial charge in [0, 0.05) is 39.2 Å². The molecule has 1 aromatic carbocycles. The Bertz CT molecular complexity index is 769. The highest BCUT2D eigenvalue weighted by Crippen LogP contribution is 2.45. The van der Waals surface area contributed by atoms with Crippen LogP contribution in [0.25, 0.3) is 0 Å². The number of ether oxygens (including phenoxy) is 1. The van der Waals surface area contributed by atoms with E-state index in [1.807, 2.05) is 12.1 Å². The Morgan fingerprint density at radius 1 is 1.19 bits per heavy atom. The highest BCUT2D eigenvalue weighted by Gasteiger charge is 2.48. The van der Waals surface area contributed by atoms with E-state index in [4.69, 9.17) is 4.74 Å². The number of likely N-dealkylation sites (tertiary alicyclic amines) is 1. The summed E-state index contributed by atoms with van der Waals surface area (Å²) in [7, 11) is 0.537. The molecule has 1 aliphatic carbocycles. The summed E-state index contributed by atoms with van der Waals surface area (Å²) in [6, 6.07) is 5.74. The van der Waals surface area contributed by atoms with Crippen LogP contribution in [0.4, 0.5) is 0 Å². The maximum atomic E-state index is 13.2. The number of benzene rings is 1. The molecule has 1 aromatic rings. The molecule has 2 heterocycles. The van der Waals surface area contributed by atoms with Crippen LogP contribution < -0.4 is 0 Å². The fourth-order valence-electron chi connectivity index (χ4n) is 5.33.